The van der Waals surface area contributed by atoms with Gasteiger partial charge in [0.15, 0.2) is 5.96 Å². The van der Waals surface area contributed by atoms with Crippen molar-refractivity contribution in [1.82, 2.24) is 20.4 Å². The van der Waals surface area contributed by atoms with E-state index in [4.69, 9.17) is 0 Å². The molecule has 0 amide bonds. The minimum Gasteiger partial charge on any atom is -0.355 e. The molecular formula is C23H37N5. The zero-order valence-electron chi connectivity index (χ0n) is 18.0. The fraction of sp³-hybridized carbons (Fsp3) is 0.696. The summed E-state index contributed by atoms with van der Waals surface area (Å²) < 4.78 is 0. The minimum absolute atomic E-state index is 0.116. The van der Waals surface area contributed by atoms with E-state index in [9.17, 15) is 0 Å². The van der Waals surface area contributed by atoms with E-state index in [1.165, 1.54) is 43.2 Å². The molecule has 4 rings (SSSR count). The van der Waals surface area contributed by atoms with E-state index in [1.54, 1.807) is 0 Å². The van der Waals surface area contributed by atoms with Crippen molar-refractivity contribution < 1.29 is 0 Å². The summed E-state index contributed by atoms with van der Waals surface area (Å²) in [5, 5.41) is 7.43. The van der Waals surface area contributed by atoms with Gasteiger partial charge in [-0.2, -0.15) is 0 Å². The smallest absolute Gasteiger partial charge is 0.191 e. The van der Waals surface area contributed by atoms with E-state index in [2.05, 4.69) is 70.8 Å². The minimum atomic E-state index is 0.116. The van der Waals surface area contributed by atoms with E-state index in [-0.39, 0.29) is 5.54 Å². The molecule has 0 radical (unpaired) electrons. The second-order valence-electron chi connectivity index (χ2n) is 9.38. The Bertz CT molecular complexity index is 674. The van der Waals surface area contributed by atoms with Gasteiger partial charge in [-0.15, -0.1) is 0 Å². The lowest BCUT2D eigenvalue weighted by molar-refractivity contribution is 0.0525. The van der Waals surface area contributed by atoms with Crippen LogP contribution in [0.2, 0.25) is 0 Å². The normalized spacial score (nSPS) is 29.6. The molecule has 1 aliphatic carbocycles. The SMILES string of the molecule is CN=C(NCC1(N(C)C)Cc2ccccc2C1)NC1CC2CCCC(C1)N2C. The van der Waals surface area contributed by atoms with Gasteiger partial charge < -0.3 is 20.4 Å². The summed E-state index contributed by atoms with van der Waals surface area (Å²) in [6.07, 6.45) is 8.75. The van der Waals surface area contributed by atoms with Crippen molar-refractivity contribution in [3.63, 3.8) is 0 Å². The first-order valence-corrected chi connectivity index (χ1v) is 10.9. The number of hydrogen-bond donors (Lipinski definition) is 2. The molecule has 0 aromatic heterocycles. The lowest BCUT2D eigenvalue weighted by Gasteiger charge is -2.47. The van der Waals surface area contributed by atoms with Gasteiger partial charge in [0, 0.05) is 37.3 Å². The highest BCUT2D eigenvalue weighted by Crippen LogP contribution is 2.34. The fourth-order valence-corrected chi connectivity index (χ4v) is 5.64. The second kappa shape index (κ2) is 8.03. The van der Waals surface area contributed by atoms with Crippen molar-refractivity contribution in [2.75, 3.05) is 34.7 Å². The van der Waals surface area contributed by atoms with E-state index in [1.807, 2.05) is 7.05 Å². The van der Waals surface area contributed by atoms with Crippen LogP contribution in [0.1, 0.15) is 43.2 Å². The van der Waals surface area contributed by atoms with Gasteiger partial charge in [0.2, 0.25) is 0 Å². The van der Waals surface area contributed by atoms with Gasteiger partial charge in [0.05, 0.1) is 0 Å². The molecule has 3 aliphatic rings. The standard InChI is InChI=1S/C23H37N5/c1-24-22(26-19-12-20-10-7-11-21(13-19)28(20)4)25-16-23(27(2)3)14-17-8-5-6-9-18(17)15-23/h5-6,8-9,19-21H,7,10-16H2,1-4H3,(H2,24,25,26). The molecule has 28 heavy (non-hydrogen) atoms. The predicted molar refractivity (Wildman–Crippen MR) is 117 cm³/mol. The first-order chi connectivity index (χ1) is 13.5. The van der Waals surface area contributed by atoms with E-state index < -0.39 is 0 Å². The Balaban J connectivity index is 1.38. The van der Waals surface area contributed by atoms with Crippen molar-refractivity contribution >= 4 is 5.96 Å². The first-order valence-electron chi connectivity index (χ1n) is 10.9. The van der Waals surface area contributed by atoms with Crippen LogP contribution in [-0.2, 0) is 12.8 Å². The number of aliphatic imine (C=N–C) groups is 1. The van der Waals surface area contributed by atoms with Crippen LogP contribution in [-0.4, -0.2) is 74.2 Å². The van der Waals surface area contributed by atoms with E-state index >= 15 is 0 Å². The van der Waals surface area contributed by atoms with E-state index in [0.29, 0.717) is 6.04 Å². The van der Waals surface area contributed by atoms with Crippen LogP contribution in [0.3, 0.4) is 0 Å². The highest BCUT2D eigenvalue weighted by molar-refractivity contribution is 5.80. The third-order valence-electron chi connectivity index (χ3n) is 7.60. The quantitative estimate of drug-likeness (QED) is 0.618. The molecule has 2 fully saturated rings. The fourth-order valence-electron chi connectivity index (χ4n) is 5.64. The molecule has 0 saturated carbocycles. The largest absolute Gasteiger partial charge is 0.355 e. The maximum absolute atomic E-state index is 4.56. The highest BCUT2D eigenvalue weighted by atomic mass is 15.3. The molecule has 1 aromatic rings. The lowest BCUT2D eigenvalue weighted by Crippen LogP contribution is -2.59. The number of fused-ring (bicyclic) bond motifs is 3. The maximum Gasteiger partial charge on any atom is 0.191 e. The second-order valence-corrected chi connectivity index (χ2v) is 9.38. The van der Waals surface area contributed by atoms with Crippen molar-refractivity contribution in [2.45, 2.75) is 68.6 Å². The molecule has 2 bridgehead atoms. The van der Waals surface area contributed by atoms with Gasteiger partial charge >= 0.3 is 0 Å². The molecule has 154 valence electrons. The van der Waals surface area contributed by atoms with Gasteiger partial charge in [-0.25, -0.2) is 0 Å². The predicted octanol–water partition coefficient (Wildman–Crippen LogP) is 2.27. The monoisotopic (exact) mass is 383 g/mol. The summed E-state index contributed by atoms with van der Waals surface area (Å²) >= 11 is 0. The number of nitrogens with one attached hydrogen (secondary N) is 2. The van der Waals surface area contributed by atoms with Gasteiger partial charge in [-0.1, -0.05) is 30.7 Å². The molecule has 2 aliphatic heterocycles. The molecular weight excluding hydrogens is 346 g/mol. The van der Waals surface area contributed by atoms with Gasteiger partial charge in [-0.05, 0) is 70.8 Å². The molecule has 5 heteroatoms. The summed E-state index contributed by atoms with van der Waals surface area (Å²) in [4.78, 5) is 9.57. The Morgan fingerprint density at radius 1 is 1.14 bits per heavy atom. The van der Waals surface area contributed by atoms with Gasteiger partial charge in [0.25, 0.3) is 0 Å². The van der Waals surface area contributed by atoms with Crippen LogP contribution in [0.25, 0.3) is 0 Å². The first kappa shape index (κ1) is 19.7. The summed E-state index contributed by atoms with van der Waals surface area (Å²) in [5.74, 6) is 0.963. The maximum atomic E-state index is 4.56. The number of likely N-dealkylation sites (N-methyl/N-ethyl adjacent to an activating group) is 1. The number of guanidine groups is 1. The van der Waals surface area contributed by atoms with E-state index in [0.717, 1.165) is 37.4 Å². The molecule has 2 atom stereocenters. The zero-order chi connectivity index (χ0) is 19.7. The van der Waals surface area contributed by atoms with Crippen LogP contribution in [0.5, 0.6) is 0 Å². The van der Waals surface area contributed by atoms with Crippen LogP contribution < -0.4 is 10.6 Å². The summed E-state index contributed by atoms with van der Waals surface area (Å²) in [5.41, 5.74) is 3.10. The average molecular weight is 384 g/mol. The Morgan fingerprint density at radius 2 is 1.75 bits per heavy atom. The third kappa shape index (κ3) is 3.79. The van der Waals surface area contributed by atoms with Gasteiger partial charge in [0.1, 0.15) is 0 Å². The Labute approximate surface area is 170 Å². The topological polar surface area (TPSA) is 42.9 Å². The number of piperidine rings is 2. The molecule has 5 nitrogen and oxygen atoms in total. The molecule has 2 heterocycles. The van der Waals surface area contributed by atoms with Crippen molar-refractivity contribution in [2.24, 2.45) is 4.99 Å². The number of benzene rings is 1. The van der Waals surface area contributed by atoms with Crippen LogP contribution >= 0.6 is 0 Å². The van der Waals surface area contributed by atoms with Crippen LogP contribution in [0, 0.1) is 0 Å². The van der Waals surface area contributed by atoms with Crippen LogP contribution in [0.15, 0.2) is 29.3 Å². The Hall–Kier alpha value is -1.59. The van der Waals surface area contributed by atoms with Crippen molar-refractivity contribution in [3.8, 4) is 0 Å². The zero-order valence-corrected chi connectivity index (χ0v) is 18.0. The van der Waals surface area contributed by atoms with Crippen LogP contribution in [0.4, 0.5) is 0 Å². The Kier molecular flexibility index (Phi) is 5.66. The molecule has 2 N–H and O–H groups in total. The molecule has 2 saturated heterocycles. The summed E-state index contributed by atoms with van der Waals surface area (Å²) in [6, 6.07) is 10.9. The molecule has 2 unspecified atom stereocenters. The number of nitrogens with zero attached hydrogens (tertiary/aromatic N) is 3. The summed E-state index contributed by atoms with van der Waals surface area (Å²) in [7, 11) is 8.64. The van der Waals surface area contributed by atoms with Crippen molar-refractivity contribution in [1.29, 1.82) is 0 Å². The van der Waals surface area contributed by atoms with Gasteiger partial charge in [-0.3, -0.25) is 4.99 Å². The average Bonchev–Trinajstić information content (AvgIpc) is 3.06. The summed E-state index contributed by atoms with van der Waals surface area (Å²) in [6.45, 7) is 0.911. The molecule has 1 aromatic carbocycles. The third-order valence-corrected chi connectivity index (χ3v) is 7.60. The number of hydrogen-bond acceptors (Lipinski definition) is 3. The lowest BCUT2D eigenvalue weighted by atomic mass is 9.82. The Morgan fingerprint density at radius 3 is 2.29 bits per heavy atom. The van der Waals surface area contributed by atoms with Crippen molar-refractivity contribution in [3.05, 3.63) is 35.4 Å². The number of rotatable bonds is 4. The highest BCUT2D eigenvalue weighted by Gasteiger charge is 2.40. The molecule has 0 spiro atoms.